The number of hydrogen-bond acceptors (Lipinski definition) is 6. The SMILES string of the molecule is CN(C)Cc1nc(NC2CCC(O)CC2)c2c(-c3ccccc3)csc2n1. The highest BCUT2D eigenvalue weighted by Crippen LogP contribution is 2.38. The fraction of sp³-hybridized carbons (Fsp3) is 0.429. The lowest BCUT2D eigenvalue weighted by Crippen LogP contribution is -2.29. The Morgan fingerprint density at radius 1 is 1.11 bits per heavy atom. The van der Waals surface area contributed by atoms with Crippen molar-refractivity contribution in [3.8, 4) is 11.1 Å². The number of nitrogens with zero attached hydrogens (tertiary/aromatic N) is 3. The van der Waals surface area contributed by atoms with Gasteiger partial charge in [0, 0.05) is 17.0 Å². The van der Waals surface area contributed by atoms with Crippen LogP contribution >= 0.6 is 11.3 Å². The summed E-state index contributed by atoms with van der Waals surface area (Å²) in [6, 6.07) is 10.8. The molecular formula is C21H26N4OS. The summed E-state index contributed by atoms with van der Waals surface area (Å²) in [5.74, 6) is 1.77. The van der Waals surface area contributed by atoms with E-state index in [0.29, 0.717) is 12.6 Å². The van der Waals surface area contributed by atoms with Crippen LogP contribution in [0.3, 0.4) is 0 Å². The molecule has 142 valence electrons. The molecule has 27 heavy (non-hydrogen) atoms. The number of nitrogens with one attached hydrogen (secondary N) is 1. The zero-order chi connectivity index (χ0) is 18.8. The summed E-state index contributed by atoms with van der Waals surface area (Å²) in [5.41, 5.74) is 2.38. The minimum absolute atomic E-state index is 0.154. The lowest BCUT2D eigenvalue weighted by molar-refractivity contribution is 0.126. The van der Waals surface area contributed by atoms with Gasteiger partial charge < -0.3 is 15.3 Å². The summed E-state index contributed by atoms with van der Waals surface area (Å²) in [4.78, 5) is 12.8. The molecule has 0 radical (unpaired) electrons. The number of anilines is 1. The molecule has 0 amide bonds. The van der Waals surface area contributed by atoms with Crippen LogP contribution in [0, 0.1) is 0 Å². The van der Waals surface area contributed by atoms with Crippen LogP contribution in [-0.2, 0) is 6.54 Å². The Morgan fingerprint density at radius 2 is 1.85 bits per heavy atom. The van der Waals surface area contributed by atoms with Gasteiger partial charge in [0.15, 0.2) is 0 Å². The summed E-state index contributed by atoms with van der Waals surface area (Å²) in [7, 11) is 4.07. The first-order valence-corrected chi connectivity index (χ1v) is 10.4. The number of aliphatic hydroxyl groups excluding tert-OH is 1. The van der Waals surface area contributed by atoms with Crippen molar-refractivity contribution in [1.82, 2.24) is 14.9 Å². The van der Waals surface area contributed by atoms with Crippen LogP contribution in [0.1, 0.15) is 31.5 Å². The van der Waals surface area contributed by atoms with E-state index in [9.17, 15) is 5.11 Å². The number of fused-ring (bicyclic) bond motifs is 1. The Kier molecular flexibility index (Phi) is 5.38. The molecule has 3 aromatic rings. The molecule has 0 spiro atoms. The Balaban J connectivity index is 1.76. The molecule has 0 aliphatic heterocycles. The van der Waals surface area contributed by atoms with Crippen LogP contribution in [0.15, 0.2) is 35.7 Å². The van der Waals surface area contributed by atoms with E-state index in [1.807, 2.05) is 20.2 Å². The fourth-order valence-electron chi connectivity index (χ4n) is 3.69. The van der Waals surface area contributed by atoms with Crippen molar-refractivity contribution in [3.05, 3.63) is 41.5 Å². The first-order chi connectivity index (χ1) is 13.1. The summed E-state index contributed by atoms with van der Waals surface area (Å²) in [6.07, 6.45) is 3.50. The summed E-state index contributed by atoms with van der Waals surface area (Å²) in [6.45, 7) is 0.715. The summed E-state index contributed by atoms with van der Waals surface area (Å²) >= 11 is 1.68. The van der Waals surface area contributed by atoms with Gasteiger partial charge in [0.2, 0.25) is 0 Å². The molecule has 2 N–H and O–H groups in total. The third-order valence-electron chi connectivity index (χ3n) is 5.06. The molecular weight excluding hydrogens is 356 g/mol. The molecule has 6 heteroatoms. The van der Waals surface area contributed by atoms with Crippen LogP contribution in [0.2, 0.25) is 0 Å². The predicted molar refractivity (Wildman–Crippen MR) is 112 cm³/mol. The van der Waals surface area contributed by atoms with Gasteiger partial charge >= 0.3 is 0 Å². The van der Waals surface area contributed by atoms with Crippen molar-refractivity contribution in [2.45, 2.75) is 44.4 Å². The van der Waals surface area contributed by atoms with E-state index < -0.39 is 0 Å². The molecule has 1 aromatic carbocycles. The molecule has 2 heterocycles. The van der Waals surface area contributed by atoms with Gasteiger partial charge in [0.25, 0.3) is 0 Å². The van der Waals surface area contributed by atoms with E-state index in [1.54, 1.807) is 11.3 Å². The normalized spacial score (nSPS) is 20.3. The minimum atomic E-state index is -0.154. The quantitative estimate of drug-likeness (QED) is 0.695. The van der Waals surface area contributed by atoms with Crippen LogP contribution in [0.4, 0.5) is 5.82 Å². The van der Waals surface area contributed by atoms with Crippen molar-refractivity contribution in [2.24, 2.45) is 0 Å². The van der Waals surface area contributed by atoms with Crippen molar-refractivity contribution in [3.63, 3.8) is 0 Å². The van der Waals surface area contributed by atoms with Gasteiger partial charge in [0.05, 0.1) is 18.0 Å². The number of aliphatic hydroxyl groups is 1. The maximum absolute atomic E-state index is 9.81. The largest absolute Gasteiger partial charge is 0.393 e. The third-order valence-corrected chi connectivity index (χ3v) is 5.93. The molecule has 5 nitrogen and oxygen atoms in total. The Morgan fingerprint density at radius 3 is 2.56 bits per heavy atom. The molecule has 2 aromatic heterocycles. The van der Waals surface area contributed by atoms with E-state index in [2.05, 4.69) is 39.9 Å². The van der Waals surface area contributed by atoms with E-state index in [1.165, 1.54) is 11.1 Å². The first kappa shape index (κ1) is 18.3. The lowest BCUT2D eigenvalue weighted by atomic mass is 9.93. The first-order valence-electron chi connectivity index (χ1n) is 9.53. The van der Waals surface area contributed by atoms with Crippen LogP contribution < -0.4 is 5.32 Å². The highest BCUT2D eigenvalue weighted by Gasteiger charge is 2.22. The highest BCUT2D eigenvalue weighted by atomic mass is 32.1. The van der Waals surface area contributed by atoms with Crippen LogP contribution in [0.25, 0.3) is 21.3 Å². The number of benzene rings is 1. The second kappa shape index (κ2) is 7.92. The Hall–Kier alpha value is -2.02. The Bertz CT molecular complexity index is 901. The maximum Gasteiger partial charge on any atom is 0.146 e. The molecule has 1 aliphatic carbocycles. The van der Waals surface area contributed by atoms with Gasteiger partial charge in [-0.15, -0.1) is 11.3 Å². The number of hydrogen-bond donors (Lipinski definition) is 2. The van der Waals surface area contributed by atoms with Crippen molar-refractivity contribution < 1.29 is 5.11 Å². The van der Waals surface area contributed by atoms with Crippen LogP contribution in [-0.4, -0.2) is 46.2 Å². The predicted octanol–water partition coefficient (Wildman–Crippen LogP) is 4.14. The molecule has 1 aliphatic rings. The lowest BCUT2D eigenvalue weighted by Gasteiger charge is -2.27. The van der Waals surface area contributed by atoms with E-state index in [0.717, 1.165) is 47.5 Å². The molecule has 1 saturated carbocycles. The van der Waals surface area contributed by atoms with Gasteiger partial charge in [-0.3, -0.25) is 0 Å². The Labute approximate surface area is 164 Å². The second-order valence-corrected chi connectivity index (χ2v) is 8.43. The van der Waals surface area contributed by atoms with Gasteiger partial charge in [-0.2, -0.15) is 0 Å². The minimum Gasteiger partial charge on any atom is -0.393 e. The average molecular weight is 383 g/mol. The molecule has 1 fully saturated rings. The average Bonchev–Trinajstić information content (AvgIpc) is 3.08. The number of thiophene rings is 1. The summed E-state index contributed by atoms with van der Waals surface area (Å²) < 4.78 is 0. The zero-order valence-electron chi connectivity index (χ0n) is 15.9. The second-order valence-electron chi connectivity index (χ2n) is 7.57. The van der Waals surface area contributed by atoms with Crippen molar-refractivity contribution in [1.29, 1.82) is 0 Å². The molecule has 0 unspecified atom stereocenters. The van der Waals surface area contributed by atoms with E-state index in [4.69, 9.17) is 9.97 Å². The van der Waals surface area contributed by atoms with Gasteiger partial charge in [-0.1, -0.05) is 30.3 Å². The monoisotopic (exact) mass is 382 g/mol. The number of aromatic nitrogens is 2. The van der Waals surface area contributed by atoms with Gasteiger partial charge in [-0.25, -0.2) is 9.97 Å². The molecule has 4 rings (SSSR count). The van der Waals surface area contributed by atoms with E-state index in [-0.39, 0.29) is 6.10 Å². The van der Waals surface area contributed by atoms with Crippen molar-refractivity contribution >= 4 is 27.4 Å². The van der Waals surface area contributed by atoms with Gasteiger partial charge in [-0.05, 0) is 45.3 Å². The van der Waals surface area contributed by atoms with E-state index >= 15 is 0 Å². The third kappa shape index (κ3) is 4.13. The molecule has 0 bridgehead atoms. The fourth-order valence-corrected chi connectivity index (χ4v) is 4.65. The molecule has 0 atom stereocenters. The maximum atomic E-state index is 9.81. The van der Waals surface area contributed by atoms with Crippen LogP contribution in [0.5, 0.6) is 0 Å². The topological polar surface area (TPSA) is 61.3 Å². The van der Waals surface area contributed by atoms with Gasteiger partial charge in [0.1, 0.15) is 16.5 Å². The zero-order valence-corrected chi connectivity index (χ0v) is 16.7. The standard InChI is InChI=1S/C21H26N4OS/c1-25(2)12-18-23-20(22-15-8-10-16(26)11-9-15)19-17(13-27-21(19)24-18)14-6-4-3-5-7-14/h3-7,13,15-16,26H,8-12H2,1-2H3,(H,22,23,24). The smallest absolute Gasteiger partial charge is 0.146 e. The molecule has 0 saturated heterocycles. The highest BCUT2D eigenvalue weighted by molar-refractivity contribution is 7.17. The number of rotatable bonds is 5. The summed E-state index contributed by atoms with van der Waals surface area (Å²) in [5, 5.41) is 16.8. The van der Waals surface area contributed by atoms with Crippen molar-refractivity contribution in [2.75, 3.05) is 19.4 Å².